The molecular weight excluding hydrogens is 292 g/mol. The molecule has 2 fully saturated rings. The standard InChI is InChI=1S/C18H22N2O3/c1-14-13-19(11-12-23-14)17(21)9-6-15-4-7-16(8-5-15)20-10-2-3-18(20)22/h4-9,14H,2-3,10-13H2,1H3/b9-6+. The highest BCUT2D eigenvalue weighted by atomic mass is 16.5. The third kappa shape index (κ3) is 3.79. The van der Waals surface area contributed by atoms with Crippen LogP contribution in [0.1, 0.15) is 25.3 Å². The van der Waals surface area contributed by atoms with Crippen LogP contribution < -0.4 is 4.90 Å². The fourth-order valence-electron chi connectivity index (χ4n) is 2.98. The Labute approximate surface area is 136 Å². The predicted molar refractivity (Wildman–Crippen MR) is 89.1 cm³/mol. The summed E-state index contributed by atoms with van der Waals surface area (Å²) in [7, 11) is 0. The van der Waals surface area contributed by atoms with Crippen molar-refractivity contribution < 1.29 is 14.3 Å². The van der Waals surface area contributed by atoms with Crippen molar-refractivity contribution in [2.45, 2.75) is 25.9 Å². The Bertz CT molecular complexity index is 609. The van der Waals surface area contributed by atoms with Gasteiger partial charge in [-0.25, -0.2) is 0 Å². The van der Waals surface area contributed by atoms with Gasteiger partial charge in [0.1, 0.15) is 0 Å². The van der Waals surface area contributed by atoms with Crippen LogP contribution >= 0.6 is 0 Å². The van der Waals surface area contributed by atoms with Crippen molar-refractivity contribution in [3.05, 3.63) is 35.9 Å². The number of carbonyl (C=O) groups excluding carboxylic acids is 2. The number of benzene rings is 1. The van der Waals surface area contributed by atoms with E-state index in [1.165, 1.54) is 0 Å². The third-order valence-electron chi connectivity index (χ3n) is 4.25. The van der Waals surface area contributed by atoms with Crippen LogP contribution in [0, 0.1) is 0 Å². The minimum atomic E-state index is 0.0129. The minimum absolute atomic E-state index is 0.0129. The SMILES string of the molecule is CC1CN(C(=O)/C=C/c2ccc(N3CCCC3=O)cc2)CCO1. The summed E-state index contributed by atoms with van der Waals surface area (Å²) in [6.45, 7) is 4.64. The lowest BCUT2D eigenvalue weighted by molar-refractivity contribution is -0.132. The number of morpholine rings is 1. The first-order chi connectivity index (χ1) is 11.1. The second-order valence-electron chi connectivity index (χ2n) is 6.04. The Morgan fingerprint density at radius 1 is 1.26 bits per heavy atom. The summed E-state index contributed by atoms with van der Waals surface area (Å²) in [5.74, 6) is 0.198. The molecule has 0 bridgehead atoms. The maximum absolute atomic E-state index is 12.2. The Morgan fingerprint density at radius 3 is 2.70 bits per heavy atom. The van der Waals surface area contributed by atoms with Crippen LogP contribution in [0.4, 0.5) is 5.69 Å². The van der Waals surface area contributed by atoms with Crippen LogP contribution in [0.15, 0.2) is 30.3 Å². The van der Waals surface area contributed by atoms with Gasteiger partial charge >= 0.3 is 0 Å². The lowest BCUT2D eigenvalue weighted by Crippen LogP contribution is -2.43. The van der Waals surface area contributed by atoms with Crippen LogP contribution in [0.25, 0.3) is 6.08 Å². The molecule has 1 aromatic carbocycles. The first-order valence-corrected chi connectivity index (χ1v) is 8.12. The van der Waals surface area contributed by atoms with Gasteiger partial charge in [0.2, 0.25) is 11.8 Å². The van der Waals surface area contributed by atoms with E-state index in [1.807, 2.05) is 47.1 Å². The van der Waals surface area contributed by atoms with Crippen molar-refractivity contribution >= 4 is 23.6 Å². The molecule has 0 aromatic heterocycles. The number of hydrogen-bond donors (Lipinski definition) is 0. The van der Waals surface area contributed by atoms with Gasteiger partial charge in [-0.1, -0.05) is 12.1 Å². The molecule has 1 atom stereocenters. The molecule has 2 aliphatic rings. The lowest BCUT2D eigenvalue weighted by atomic mass is 10.1. The Balaban J connectivity index is 1.61. The molecule has 2 saturated heterocycles. The number of ether oxygens (including phenoxy) is 1. The van der Waals surface area contributed by atoms with Gasteiger partial charge in [-0.05, 0) is 37.1 Å². The molecule has 0 N–H and O–H groups in total. The first kappa shape index (κ1) is 15.7. The van der Waals surface area contributed by atoms with E-state index in [0.29, 0.717) is 26.1 Å². The molecule has 0 aliphatic carbocycles. The van der Waals surface area contributed by atoms with E-state index in [1.54, 1.807) is 6.08 Å². The van der Waals surface area contributed by atoms with Crippen LogP contribution in [0.2, 0.25) is 0 Å². The van der Waals surface area contributed by atoms with E-state index in [0.717, 1.165) is 24.2 Å². The molecule has 5 heteroatoms. The fraction of sp³-hybridized carbons (Fsp3) is 0.444. The van der Waals surface area contributed by atoms with Gasteiger partial charge in [0, 0.05) is 37.8 Å². The molecule has 1 aromatic rings. The van der Waals surface area contributed by atoms with E-state index in [2.05, 4.69) is 0 Å². The van der Waals surface area contributed by atoms with E-state index < -0.39 is 0 Å². The average Bonchev–Trinajstić information content (AvgIpc) is 2.99. The van der Waals surface area contributed by atoms with Gasteiger partial charge in [-0.2, -0.15) is 0 Å². The molecule has 0 spiro atoms. The summed E-state index contributed by atoms with van der Waals surface area (Å²) < 4.78 is 5.44. The van der Waals surface area contributed by atoms with Crippen molar-refractivity contribution in [2.24, 2.45) is 0 Å². The number of rotatable bonds is 3. The Hall–Kier alpha value is -2.14. The monoisotopic (exact) mass is 314 g/mol. The third-order valence-corrected chi connectivity index (χ3v) is 4.25. The van der Waals surface area contributed by atoms with Gasteiger partial charge in [0.05, 0.1) is 12.7 Å². The highest BCUT2D eigenvalue weighted by molar-refractivity contribution is 5.95. The van der Waals surface area contributed by atoms with E-state index in [9.17, 15) is 9.59 Å². The van der Waals surface area contributed by atoms with Gasteiger partial charge in [-0.15, -0.1) is 0 Å². The van der Waals surface area contributed by atoms with Crippen molar-refractivity contribution in [1.82, 2.24) is 4.90 Å². The van der Waals surface area contributed by atoms with Crippen LogP contribution in [-0.2, 0) is 14.3 Å². The zero-order valence-electron chi connectivity index (χ0n) is 13.4. The lowest BCUT2D eigenvalue weighted by Gasteiger charge is -2.30. The molecule has 122 valence electrons. The molecule has 2 heterocycles. The zero-order valence-corrected chi connectivity index (χ0v) is 13.4. The average molecular weight is 314 g/mol. The molecule has 0 saturated carbocycles. The molecular formula is C18H22N2O3. The smallest absolute Gasteiger partial charge is 0.246 e. The number of nitrogens with zero attached hydrogens (tertiary/aromatic N) is 2. The van der Waals surface area contributed by atoms with E-state index in [4.69, 9.17) is 4.74 Å². The molecule has 2 amide bonds. The molecule has 5 nitrogen and oxygen atoms in total. The van der Waals surface area contributed by atoms with Crippen molar-refractivity contribution in [3.8, 4) is 0 Å². The summed E-state index contributed by atoms with van der Waals surface area (Å²) in [6, 6.07) is 7.74. The topological polar surface area (TPSA) is 49.9 Å². The fourth-order valence-corrected chi connectivity index (χ4v) is 2.98. The summed E-state index contributed by atoms with van der Waals surface area (Å²) in [5, 5.41) is 0. The van der Waals surface area contributed by atoms with Crippen LogP contribution in [-0.4, -0.2) is 49.1 Å². The number of carbonyl (C=O) groups is 2. The maximum Gasteiger partial charge on any atom is 0.246 e. The van der Waals surface area contributed by atoms with Crippen LogP contribution in [0.3, 0.4) is 0 Å². The summed E-state index contributed by atoms with van der Waals surface area (Å²) in [4.78, 5) is 27.5. The molecule has 3 rings (SSSR count). The highest BCUT2D eigenvalue weighted by Crippen LogP contribution is 2.22. The largest absolute Gasteiger partial charge is 0.375 e. The van der Waals surface area contributed by atoms with Gasteiger partial charge in [-0.3, -0.25) is 9.59 Å². The number of anilines is 1. The van der Waals surface area contributed by atoms with Crippen molar-refractivity contribution in [2.75, 3.05) is 31.1 Å². The van der Waals surface area contributed by atoms with Crippen molar-refractivity contribution in [3.63, 3.8) is 0 Å². The maximum atomic E-state index is 12.2. The summed E-state index contributed by atoms with van der Waals surface area (Å²) in [5.41, 5.74) is 1.88. The summed E-state index contributed by atoms with van der Waals surface area (Å²) in [6.07, 6.45) is 5.08. The van der Waals surface area contributed by atoms with Gasteiger partial charge < -0.3 is 14.5 Å². The van der Waals surface area contributed by atoms with Gasteiger partial charge in [0.15, 0.2) is 0 Å². The predicted octanol–water partition coefficient (Wildman–Crippen LogP) is 2.07. The van der Waals surface area contributed by atoms with Gasteiger partial charge in [0.25, 0.3) is 0 Å². The van der Waals surface area contributed by atoms with E-state index >= 15 is 0 Å². The Kier molecular flexibility index (Phi) is 4.76. The molecule has 23 heavy (non-hydrogen) atoms. The van der Waals surface area contributed by atoms with E-state index in [-0.39, 0.29) is 17.9 Å². The second-order valence-corrected chi connectivity index (χ2v) is 6.04. The zero-order chi connectivity index (χ0) is 16.2. The number of amides is 2. The first-order valence-electron chi connectivity index (χ1n) is 8.12. The molecule has 2 aliphatic heterocycles. The second kappa shape index (κ2) is 6.96. The van der Waals surface area contributed by atoms with Crippen LogP contribution in [0.5, 0.6) is 0 Å². The Morgan fingerprint density at radius 2 is 2.04 bits per heavy atom. The summed E-state index contributed by atoms with van der Waals surface area (Å²) >= 11 is 0. The molecule has 1 unspecified atom stereocenters. The van der Waals surface area contributed by atoms with Crippen molar-refractivity contribution in [1.29, 1.82) is 0 Å². The quantitative estimate of drug-likeness (QED) is 0.803. The number of hydrogen-bond acceptors (Lipinski definition) is 3. The minimum Gasteiger partial charge on any atom is -0.375 e. The highest BCUT2D eigenvalue weighted by Gasteiger charge is 2.21. The normalized spacial score (nSPS) is 22.1. The molecule has 0 radical (unpaired) electrons.